The number of aromatic nitrogens is 2. The summed E-state index contributed by atoms with van der Waals surface area (Å²) in [7, 11) is 0. The predicted octanol–water partition coefficient (Wildman–Crippen LogP) is 1.52. The van der Waals surface area contributed by atoms with Gasteiger partial charge in [-0.25, -0.2) is 4.79 Å². The highest BCUT2D eigenvalue weighted by molar-refractivity contribution is 7.10. The molecular weight excluding hydrogens is 290 g/mol. The van der Waals surface area contributed by atoms with Crippen LogP contribution in [0.4, 0.5) is 10.6 Å². The number of hydrogen-bond donors (Lipinski definition) is 3. The Morgan fingerprint density at radius 2 is 2.33 bits per heavy atom. The number of amides is 3. The fourth-order valence-corrected chi connectivity index (χ4v) is 2.72. The summed E-state index contributed by atoms with van der Waals surface area (Å²) in [4.78, 5) is 25.5. The maximum atomic E-state index is 11.9. The van der Waals surface area contributed by atoms with Gasteiger partial charge in [0, 0.05) is 16.5 Å². The van der Waals surface area contributed by atoms with Crippen LogP contribution in [0.3, 0.4) is 0 Å². The van der Waals surface area contributed by atoms with Crippen molar-refractivity contribution in [1.29, 1.82) is 0 Å². The van der Waals surface area contributed by atoms with Crippen LogP contribution < -0.4 is 11.1 Å². The molecule has 0 spiro atoms. The van der Waals surface area contributed by atoms with Crippen LogP contribution in [0.25, 0.3) is 6.08 Å². The molecule has 0 bridgehead atoms. The Morgan fingerprint density at radius 1 is 1.48 bits per heavy atom. The topological polar surface area (TPSA) is 104 Å². The van der Waals surface area contributed by atoms with Gasteiger partial charge in [0.1, 0.15) is 0 Å². The molecule has 0 aromatic carbocycles. The molecule has 0 atom stereocenters. The van der Waals surface area contributed by atoms with E-state index in [1.807, 2.05) is 17.5 Å². The molecule has 2 aromatic rings. The van der Waals surface area contributed by atoms with Crippen molar-refractivity contribution < 1.29 is 9.59 Å². The molecule has 21 heavy (non-hydrogen) atoms. The van der Waals surface area contributed by atoms with Crippen LogP contribution in [0.15, 0.2) is 23.6 Å². The Bertz CT molecular complexity index is 704. The molecule has 0 fully saturated rings. The SMILES string of the molecule is NC(=O)N1Cc2[nH]nc(NC(=O)/C=C\c3cccs3)c2C1. The standard InChI is InChI=1S/C13H13N5O2S/c14-13(20)18-6-9-10(7-18)16-17-12(9)15-11(19)4-3-8-2-1-5-21-8/h1-5H,6-7H2,(H2,14,20)(H2,15,16,17,19)/b4-3-. The van der Waals surface area contributed by atoms with E-state index in [1.54, 1.807) is 17.4 Å². The second-order valence-electron chi connectivity index (χ2n) is 4.56. The molecule has 3 amide bonds. The van der Waals surface area contributed by atoms with Gasteiger partial charge in [-0.2, -0.15) is 5.10 Å². The molecule has 0 saturated heterocycles. The fourth-order valence-electron chi connectivity index (χ4n) is 2.10. The minimum Gasteiger partial charge on any atom is -0.351 e. The summed E-state index contributed by atoms with van der Waals surface area (Å²) < 4.78 is 0. The first-order chi connectivity index (χ1) is 10.1. The van der Waals surface area contributed by atoms with Gasteiger partial charge in [-0.3, -0.25) is 9.89 Å². The molecule has 0 aliphatic carbocycles. The molecule has 7 nitrogen and oxygen atoms in total. The number of H-pyrrole nitrogens is 1. The molecule has 108 valence electrons. The third-order valence-corrected chi connectivity index (χ3v) is 3.98. The van der Waals surface area contributed by atoms with Crippen molar-refractivity contribution in [2.45, 2.75) is 13.1 Å². The lowest BCUT2D eigenvalue weighted by Gasteiger charge is -2.11. The van der Waals surface area contributed by atoms with E-state index >= 15 is 0 Å². The number of nitrogens with zero attached hydrogens (tertiary/aromatic N) is 2. The van der Waals surface area contributed by atoms with Crippen molar-refractivity contribution in [3.05, 3.63) is 39.7 Å². The Labute approximate surface area is 124 Å². The first-order valence-corrected chi connectivity index (χ1v) is 7.14. The molecule has 3 rings (SSSR count). The van der Waals surface area contributed by atoms with Crippen molar-refractivity contribution in [2.24, 2.45) is 5.73 Å². The van der Waals surface area contributed by atoms with Crippen molar-refractivity contribution in [1.82, 2.24) is 15.1 Å². The average molecular weight is 303 g/mol. The van der Waals surface area contributed by atoms with E-state index in [9.17, 15) is 9.59 Å². The number of anilines is 1. The van der Waals surface area contributed by atoms with Crippen LogP contribution in [-0.4, -0.2) is 27.0 Å². The van der Waals surface area contributed by atoms with E-state index in [0.29, 0.717) is 18.9 Å². The third kappa shape index (κ3) is 2.79. The molecule has 1 aliphatic heterocycles. The van der Waals surface area contributed by atoms with Crippen LogP contribution in [0, 0.1) is 0 Å². The number of carbonyl (C=O) groups excluding carboxylic acids is 2. The van der Waals surface area contributed by atoms with Gasteiger partial charge in [-0.05, 0) is 17.5 Å². The zero-order chi connectivity index (χ0) is 14.8. The molecule has 1 aliphatic rings. The number of urea groups is 1. The Morgan fingerprint density at radius 3 is 3.05 bits per heavy atom. The maximum absolute atomic E-state index is 11.9. The highest BCUT2D eigenvalue weighted by Gasteiger charge is 2.27. The van der Waals surface area contributed by atoms with Gasteiger partial charge >= 0.3 is 6.03 Å². The van der Waals surface area contributed by atoms with Gasteiger partial charge in [0.15, 0.2) is 5.82 Å². The van der Waals surface area contributed by atoms with Crippen LogP contribution in [-0.2, 0) is 17.9 Å². The largest absolute Gasteiger partial charge is 0.351 e. The van der Waals surface area contributed by atoms with Crippen molar-refractivity contribution >= 4 is 35.2 Å². The Kier molecular flexibility index (Phi) is 3.44. The molecular formula is C13H13N5O2S. The molecule has 0 radical (unpaired) electrons. The molecule has 0 saturated carbocycles. The summed E-state index contributed by atoms with van der Waals surface area (Å²) >= 11 is 1.55. The highest BCUT2D eigenvalue weighted by atomic mass is 32.1. The fraction of sp³-hybridized carbons (Fsp3) is 0.154. The van der Waals surface area contributed by atoms with Crippen LogP contribution in [0.5, 0.6) is 0 Å². The van der Waals surface area contributed by atoms with Crippen molar-refractivity contribution in [2.75, 3.05) is 5.32 Å². The first kappa shape index (κ1) is 13.4. The number of thiophene rings is 1. The lowest BCUT2D eigenvalue weighted by molar-refractivity contribution is -0.111. The lowest BCUT2D eigenvalue weighted by atomic mass is 10.3. The molecule has 0 unspecified atom stereocenters. The van der Waals surface area contributed by atoms with Gasteiger partial charge in [-0.15, -0.1) is 11.3 Å². The highest BCUT2D eigenvalue weighted by Crippen LogP contribution is 2.26. The van der Waals surface area contributed by atoms with Crippen LogP contribution in [0.1, 0.15) is 16.1 Å². The van der Waals surface area contributed by atoms with E-state index < -0.39 is 6.03 Å². The quantitative estimate of drug-likeness (QED) is 0.749. The van der Waals surface area contributed by atoms with Crippen LogP contribution in [0.2, 0.25) is 0 Å². The number of rotatable bonds is 3. The van der Waals surface area contributed by atoms with Crippen LogP contribution >= 0.6 is 11.3 Å². The second kappa shape index (κ2) is 5.41. The number of aromatic amines is 1. The number of fused-ring (bicyclic) bond motifs is 1. The number of primary amides is 1. The lowest BCUT2D eigenvalue weighted by Crippen LogP contribution is -2.31. The maximum Gasteiger partial charge on any atom is 0.315 e. The predicted molar refractivity (Wildman–Crippen MR) is 79.4 cm³/mol. The van der Waals surface area contributed by atoms with Gasteiger partial charge in [0.05, 0.1) is 18.8 Å². The molecule has 2 aromatic heterocycles. The van der Waals surface area contributed by atoms with Crippen molar-refractivity contribution in [3.8, 4) is 0 Å². The average Bonchev–Trinajstić information content (AvgIpc) is 3.14. The van der Waals surface area contributed by atoms with Crippen molar-refractivity contribution in [3.63, 3.8) is 0 Å². The summed E-state index contributed by atoms with van der Waals surface area (Å²) in [5.41, 5.74) is 6.84. The van der Waals surface area contributed by atoms with E-state index in [0.717, 1.165) is 16.1 Å². The molecule has 4 N–H and O–H groups in total. The summed E-state index contributed by atoms with van der Waals surface area (Å²) in [6.07, 6.45) is 3.19. The monoisotopic (exact) mass is 303 g/mol. The first-order valence-electron chi connectivity index (χ1n) is 6.26. The third-order valence-electron chi connectivity index (χ3n) is 3.15. The van der Waals surface area contributed by atoms with E-state index in [2.05, 4.69) is 15.5 Å². The van der Waals surface area contributed by atoms with E-state index in [-0.39, 0.29) is 5.91 Å². The second-order valence-corrected chi connectivity index (χ2v) is 5.54. The van der Waals surface area contributed by atoms with E-state index in [4.69, 9.17) is 5.73 Å². The minimum atomic E-state index is -0.491. The Hall–Kier alpha value is -2.61. The minimum absolute atomic E-state index is 0.268. The van der Waals surface area contributed by atoms with Gasteiger partial charge < -0.3 is 16.0 Å². The summed E-state index contributed by atoms with van der Waals surface area (Å²) in [5.74, 6) is 0.171. The molecule has 3 heterocycles. The number of nitrogens with two attached hydrogens (primary N) is 1. The smallest absolute Gasteiger partial charge is 0.315 e. The summed E-state index contributed by atoms with van der Waals surface area (Å²) in [6.45, 7) is 0.740. The Balaban J connectivity index is 1.67. The van der Waals surface area contributed by atoms with Gasteiger partial charge in [-0.1, -0.05) is 6.07 Å². The zero-order valence-electron chi connectivity index (χ0n) is 11.0. The number of nitrogens with one attached hydrogen (secondary N) is 2. The number of carbonyl (C=O) groups is 2. The summed E-state index contributed by atoms with van der Waals surface area (Å²) in [6, 6.07) is 3.35. The van der Waals surface area contributed by atoms with Gasteiger partial charge in [0.25, 0.3) is 0 Å². The van der Waals surface area contributed by atoms with Gasteiger partial charge in [0.2, 0.25) is 5.91 Å². The zero-order valence-corrected chi connectivity index (χ0v) is 11.8. The molecule has 8 heteroatoms. The summed E-state index contributed by atoms with van der Waals surface area (Å²) in [5, 5.41) is 11.5. The number of hydrogen-bond acceptors (Lipinski definition) is 4. The van der Waals surface area contributed by atoms with E-state index in [1.165, 1.54) is 11.0 Å². The normalized spacial score (nSPS) is 13.6.